The van der Waals surface area contributed by atoms with E-state index in [1.54, 1.807) is 0 Å². The van der Waals surface area contributed by atoms with Gasteiger partial charge in [-0.3, -0.25) is 0 Å². The highest BCUT2D eigenvalue weighted by Gasteiger charge is 2.32. The van der Waals surface area contributed by atoms with E-state index < -0.39 is 0 Å². The van der Waals surface area contributed by atoms with Crippen LogP contribution in [0.2, 0.25) is 0 Å². The fourth-order valence-corrected chi connectivity index (χ4v) is 8.06. The molecule has 1 atom stereocenters. The highest BCUT2D eigenvalue weighted by Crippen LogP contribution is 2.44. The third-order valence-corrected chi connectivity index (χ3v) is 10.8. The van der Waals surface area contributed by atoms with Gasteiger partial charge in [0.25, 0.3) is 0 Å². The number of hydrogen-bond acceptors (Lipinski definition) is 3. The van der Waals surface area contributed by atoms with E-state index in [-0.39, 0.29) is 5.41 Å². The minimum atomic E-state index is -0.110. The first-order valence-corrected chi connectivity index (χ1v) is 19.1. The average molecular weight is 691 g/mol. The van der Waals surface area contributed by atoms with E-state index in [0.717, 1.165) is 68.9 Å². The van der Waals surface area contributed by atoms with E-state index in [9.17, 15) is 0 Å². The van der Waals surface area contributed by atoms with Crippen molar-refractivity contribution < 1.29 is 4.42 Å². The molecular formula is C50H46N2O. The summed E-state index contributed by atoms with van der Waals surface area (Å²) in [5.41, 5.74) is 11.2. The van der Waals surface area contributed by atoms with Crippen LogP contribution in [-0.4, -0.2) is 0 Å². The van der Waals surface area contributed by atoms with Gasteiger partial charge in [-0.05, 0) is 103 Å². The van der Waals surface area contributed by atoms with Gasteiger partial charge >= 0.3 is 0 Å². The first-order chi connectivity index (χ1) is 26.2. The maximum absolute atomic E-state index is 6.33. The van der Waals surface area contributed by atoms with Gasteiger partial charge in [0.1, 0.15) is 11.2 Å². The number of anilines is 6. The molecule has 1 heterocycles. The van der Waals surface area contributed by atoms with Crippen LogP contribution >= 0.6 is 0 Å². The molecule has 0 amide bonds. The Kier molecular flexibility index (Phi) is 9.81. The van der Waals surface area contributed by atoms with Crippen molar-refractivity contribution in [1.29, 1.82) is 0 Å². The second-order valence-electron chi connectivity index (χ2n) is 13.9. The number of benzene rings is 7. The van der Waals surface area contributed by atoms with Gasteiger partial charge in [0.2, 0.25) is 0 Å². The van der Waals surface area contributed by atoms with Gasteiger partial charge in [-0.2, -0.15) is 0 Å². The Labute approximate surface area is 313 Å². The number of furan rings is 1. The minimum Gasteiger partial charge on any atom is -0.456 e. The Hall–Kier alpha value is -6.06. The van der Waals surface area contributed by atoms with Crippen molar-refractivity contribution >= 4 is 56.1 Å². The van der Waals surface area contributed by atoms with Crippen LogP contribution in [0.15, 0.2) is 186 Å². The van der Waals surface area contributed by atoms with Crippen molar-refractivity contribution in [3.05, 3.63) is 193 Å². The molecule has 1 unspecified atom stereocenters. The first kappa shape index (κ1) is 34.0. The van der Waals surface area contributed by atoms with E-state index >= 15 is 0 Å². The number of hydrogen-bond donors (Lipinski definition) is 0. The van der Waals surface area contributed by atoms with Gasteiger partial charge in [0, 0.05) is 56.4 Å². The van der Waals surface area contributed by atoms with Gasteiger partial charge in [-0.25, -0.2) is 0 Å². The van der Waals surface area contributed by atoms with E-state index in [4.69, 9.17) is 4.42 Å². The smallest absolute Gasteiger partial charge is 0.137 e. The third-order valence-electron chi connectivity index (χ3n) is 10.8. The summed E-state index contributed by atoms with van der Waals surface area (Å²) in [5.74, 6) is 0. The normalized spacial score (nSPS) is 12.5. The summed E-state index contributed by atoms with van der Waals surface area (Å²) in [5, 5.41) is 2.28. The maximum atomic E-state index is 6.33. The second-order valence-corrected chi connectivity index (χ2v) is 13.9. The zero-order valence-corrected chi connectivity index (χ0v) is 30.7. The molecule has 0 saturated heterocycles. The molecule has 0 fully saturated rings. The maximum Gasteiger partial charge on any atom is 0.137 e. The predicted molar refractivity (Wildman–Crippen MR) is 225 cm³/mol. The van der Waals surface area contributed by atoms with Gasteiger partial charge in [-0.15, -0.1) is 0 Å². The highest BCUT2D eigenvalue weighted by atomic mass is 16.3. The Morgan fingerprint density at radius 1 is 0.415 bits per heavy atom. The van der Waals surface area contributed by atoms with E-state index in [1.807, 2.05) is 12.1 Å². The van der Waals surface area contributed by atoms with Crippen molar-refractivity contribution in [1.82, 2.24) is 0 Å². The third kappa shape index (κ3) is 6.71. The fourth-order valence-electron chi connectivity index (χ4n) is 8.06. The molecule has 0 aliphatic rings. The van der Waals surface area contributed by atoms with Gasteiger partial charge in [0.15, 0.2) is 0 Å². The number of para-hydroxylation sites is 4. The standard InChI is InChI=1S/C50H46N2O/c1-3-5-17-36-50(4-2,38-26-30-43(31-27-38)51(40-18-9-6-10-19-40)41-20-11-7-12-21-41)39-28-32-44(33-29-39)52(42-22-13-8-14-23-42)45-34-35-47-46-24-15-16-25-48(46)53-49(47)37-45/h6-16,18-35,37H,3-5,17,36H2,1-2H3. The summed E-state index contributed by atoms with van der Waals surface area (Å²) in [6, 6.07) is 65.5. The Bertz CT molecular complexity index is 2340. The fraction of sp³-hybridized carbons (Fsp3) is 0.160. The Morgan fingerprint density at radius 2 is 0.849 bits per heavy atom. The molecule has 0 saturated carbocycles. The Balaban J connectivity index is 1.18. The van der Waals surface area contributed by atoms with E-state index in [1.165, 1.54) is 30.4 Å². The van der Waals surface area contributed by atoms with Crippen molar-refractivity contribution in [2.45, 2.75) is 51.4 Å². The molecule has 7 aromatic carbocycles. The van der Waals surface area contributed by atoms with Crippen LogP contribution in [-0.2, 0) is 5.41 Å². The molecule has 0 aliphatic carbocycles. The lowest BCUT2D eigenvalue weighted by Gasteiger charge is -2.36. The summed E-state index contributed by atoms with van der Waals surface area (Å²) < 4.78 is 6.33. The van der Waals surface area contributed by atoms with E-state index in [2.05, 4.69) is 194 Å². The number of fused-ring (bicyclic) bond motifs is 3. The SMILES string of the molecule is CCCCCC(CC)(c1ccc(N(c2ccccc2)c2ccccc2)cc1)c1ccc(N(c2ccccc2)c2ccc3c(c2)oc2ccccc23)cc1. The average Bonchev–Trinajstić information content (AvgIpc) is 3.60. The molecule has 262 valence electrons. The molecule has 3 nitrogen and oxygen atoms in total. The molecule has 3 heteroatoms. The van der Waals surface area contributed by atoms with Crippen LogP contribution in [0.3, 0.4) is 0 Å². The first-order valence-electron chi connectivity index (χ1n) is 19.1. The molecule has 1 aromatic heterocycles. The predicted octanol–water partition coefficient (Wildman–Crippen LogP) is 14.8. The van der Waals surface area contributed by atoms with Gasteiger partial charge in [0.05, 0.1) is 0 Å². The van der Waals surface area contributed by atoms with Crippen LogP contribution in [0.5, 0.6) is 0 Å². The highest BCUT2D eigenvalue weighted by molar-refractivity contribution is 6.06. The monoisotopic (exact) mass is 690 g/mol. The number of rotatable bonds is 13. The van der Waals surface area contributed by atoms with Crippen LogP contribution < -0.4 is 9.80 Å². The molecule has 0 bridgehead atoms. The summed E-state index contributed by atoms with van der Waals surface area (Å²) in [6.45, 7) is 4.65. The minimum absolute atomic E-state index is 0.110. The van der Waals surface area contributed by atoms with Crippen LogP contribution in [0, 0.1) is 0 Å². The Morgan fingerprint density at radius 3 is 1.36 bits per heavy atom. The lowest BCUT2D eigenvalue weighted by Crippen LogP contribution is -2.27. The summed E-state index contributed by atoms with van der Waals surface area (Å²) >= 11 is 0. The van der Waals surface area contributed by atoms with Gasteiger partial charge in [-0.1, -0.05) is 130 Å². The molecule has 0 radical (unpaired) electrons. The lowest BCUT2D eigenvalue weighted by molar-refractivity contribution is 0.431. The zero-order valence-electron chi connectivity index (χ0n) is 30.7. The molecular weight excluding hydrogens is 645 g/mol. The van der Waals surface area contributed by atoms with Gasteiger partial charge < -0.3 is 14.2 Å². The van der Waals surface area contributed by atoms with Crippen molar-refractivity contribution in [3.8, 4) is 0 Å². The summed E-state index contributed by atoms with van der Waals surface area (Å²) in [6.07, 6.45) is 5.72. The largest absolute Gasteiger partial charge is 0.456 e. The molecule has 0 N–H and O–H groups in total. The molecule has 0 aliphatic heterocycles. The second kappa shape index (κ2) is 15.3. The topological polar surface area (TPSA) is 19.6 Å². The van der Waals surface area contributed by atoms with Crippen molar-refractivity contribution in [2.75, 3.05) is 9.80 Å². The number of nitrogens with zero attached hydrogens (tertiary/aromatic N) is 2. The quantitative estimate of drug-likeness (QED) is 0.112. The summed E-state index contributed by atoms with van der Waals surface area (Å²) in [4.78, 5) is 4.67. The molecule has 53 heavy (non-hydrogen) atoms. The van der Waals surface area contributed by atoms with Crippen molar-refractivity contribution in [2.24, 2.45) is 0 Å². The molecule has 8 rings (SSSR count). The lowest BCUT2D eigenvalue weighted by atomic mass is 9.69. The summed E-state index contributed by atoms with van der Waals surface area (Å²) in [7, 11) is 0. The zero-order chi connectivity index (χ0) is 36.0. The molecule has 8 aromatic rings. The molecule has 0 spiro atoms. The van der Waals surface area contributed by atoms with Crippen LogP contribution in [0.4, 0.5) is 34.1 Å². The number of unbranched alkanes of at least 4 members (excludes halogenated alkanes) is 2. The van der Waals surface area contributed by atoms with Crippen LogP contribution in [0.1, 0.15) is 57.1 Å². The van der Waals surface area contributed by atoms with Crippen molar-refractivity contribution in [3.63, 3.8) is 0 Å². The van der Waals surface area contributed by atoms with E-state index in [0.29, 0.717) is 0 Å². The van der Waals surface area contributed by atoms with Crippen LogP contribution in [0.25, 0.3) is 21.9 Å².